The minimum Gasteiger partial charge on any atom is -0.396 e. The SMILES string of the molecule is OCC1CCCN(CCSSCCN2CCCC(CO)C2)C1. The average molecular weight is 349 g/mol. The van der Waals surface area contributed by atoms with Crippen LogP contribution in [0.25, 0.3) is 0 Å². The number of likely N-dealkylation sites (tertiary alicyclic amines) is 2. The molecule has 0 saturated carbocycles. The first-order chi connectivity index (χ1) is 10.8. The van der Waals surface area contributed by atoms with Gasteiger partial charge in [0.05, 0.1) is 0 Å². The zero-order valence-corrected chi connectivity index (χ0v) is 15.3. The van der Waals surface area contributed by atoms with Gasteiger partial charge in [0.2, 0.25) is 0 Å². The average Bonchev–Trinajstić information content (AvgIpc) is 2.58. The van der Waals surface area contributed by atoms with Crippen molar-refractivity contribution in [2.24, 2.45) is 11.8 Å². The van der Waals surface area contributed by atoms with E-state index in [0.717, 1.165) is 26.2 Å². The highest BCUT2D eigenvalue weighted by molar-refractivity contribution is 8.76. The molecule has 6 heteroatoms. The first kappa shape index (κ1) is 18.9. The summed E-state index contributed by atoms with van der Waals surface area (Å²) in [6.07, 6.45) is 4.87. The summed E-state index contributed by atoms with van der Waals surface area (Å²) in [6.45, 7) is 7.59. The molecule has 2 aliphatic heterocycles. The second-order valence-electron chi connectivity index (χ2n) is 6.63. The number of hydrogen-bond donors (Lipinski definition) is 2. The lowest BCUT2D eigenvalue weighted by atomic mass is 9.99. The third kappa shape index (κ3) is 6.97. The molecule has 2 aliphatic rings. The number of aliphatic hydroxyl groups is 2. The van der Waals surface area contributed by atoms with E-state index in [1.807, 2.05) is 21.6 Å². The van der Waals surface area contributed by atoms with Crippen LogP contribution in [-0.4, -0.2) is 84.0 Å². The second kappa shape index (κ2) is 11.2. The normalized spacial score (nSPS) is 28.1. The Hall–Kier alpha value is 0.540. The number of aliphatic hydroxyl groups excluding tert-OH is 2. The van der Waals surface area contributed by atoms with E-state index in [4.69, 9.17) is 0 Å². The molecular formula is C16H32N2O2S2. The summed E-state index contributed by atoms with van der Waals surface area (Å²) in [4.78, 5) is 5.02. The van der Waals surface area contributed by atoms with Crippen molar-refractivity contribution in [1.29, 1.82) is 0 Å². The van der Waals surface area contributed by atoms with Crippen molar-refractivity contribution in [2.45, 2.75) is 25.7 Å². The highest BCUT2D eigenvalue weighted by Gasteiger charge is 2.19. The molecule has 0 aromatic rings. The Bertz CT molecular complexity index is 269. The van der Waals surface area contributed by atoms with Crippen molar-refractivity contribution in [3.8, 4) is 0 Å². The molecule has 2 rings (SSSR count). The molecule has 0 radical (unpaired) electrons. The predicted octanol–water partition coefficient (Wildman–Crippen LogP) is 1.78. The molecule has 0 aliphatic carbocycles. The Morgan fingerprint density at radius 2 is 1.23 bits per heavy atom. The molecule has 2 atom stereocenters. The maximum absolute atomic E-state index is 9.25. The fourth-order valence-electron chi connectivity index (χ4n) is 3.46. The first-order valence-corrected chi connectivity index (χ1v) is 11.2. The predicted molar refractivity (Wildman–Crippen MR) is 97.4 cm³/mol. The molecule has 2 saturated heterocycles. The van der Waals surface area contributed by atoms with E-state index >= 15 is 0 Å². The molecule has 0 aromatic heterocycles. The largest absolute Gasteiger partial charge is 0.396 e. The highest BCUT2D eigenvalue weighted by Crippen LogP contribution is 2.23. The van der Waals surface area contributed by atoms with Crippen molar-refractivity contribution >= 4 is 21.6 Å². The summed E-state index contributed by atoms with van der Waals surface area (Å²) >= 11 is 0. The lowest BCUT2D eigenvalue weighted by molar-refractivity contribution is 0.125. The van der Waals surface area contributed by atoms with Crippen molar-refractivity contribution in [3.63, 3.8) is 0 Å². The zero-order valence-electron chi connectivity index (χ0n) is 13.7. The molecule has 2 fully saturated rings. The van der Waals surface area contributed by atoms with Crippen LogP contribution in [0.5, 0.6) is 0 Å². The van der Waals surface area contributed by atoms with Gasteiger partial charge in [0.1, 0.15) is 0 Å². The van der Waals surface area contributed by atoms with Crippen LogP contribution in [0.1, 0.15) is 25.7 Å². The van der Waals surface area contributed by atoms with Gasteiger partial charge in [0, 0.05) is 50.9 Å². The van der Waals surface area contributed by atoms with Crippen LogP contribution in [0.2, 0.25) is 0 Å². The Kier molecular flexibility index (Phi) is 9.57. The van der Waals surface area contributed by atoms with Gasteiger partial charge in [-0.1, -0.05) is 21.6 Å². The maximum Gasteiger partial charge on any atom is 0.0471 e. The van der Waals surface area contributed by atoms with Gasteiger partial charge in [0.25, 0.3) is 0 Å². The minimum atomic E-state index is 0.350. The van der Waals surface area contributed by atoms with Crippen LogP contribution < -0.4 is 0 Å². The van der Waals surface area contributed by atoms with E-state index in [1.54, 1.807) is 0 Å². The Morgan fingerprint density at radius 1 is 0.773 bits per heavy atom. The molecule has 0 aromatic carbocycles. The summed E-state index contributed by atoms with van der Waals surface area (Å²) in [5, 5.41) is 18.5. The quantitative estimate of drug-likeness (QED) is 0.489. The van der Waals surface area contributed by atoms with Crippen molar-refractivity contribution < 1.29 is 10.2 Å². The third-order valence-electron chi connectivity index (χ3n) is 4.79. The number of hydrogen-bond acceptors (Lipinski definition) is 6. The molecular weight excluding hydrogens is 316 g/mol. The molecule has 0 bridgehead atoms. The summed E-state index contributed by atoms with van der Waals surface area (Å²) in [5.74, 6) is 3.37. The smallest absolute Gasteiger partial charge is 0.0471 e. The van der Waals surface area contributed by atoms with Gasteiger partial charge in [-0.15, -0.1) is 0 Å². The van der Waals surface area contributed by atoms with Crippen LogP contribution >= 0.6 is 21.6 Å². The summed E-state index contributed by atoms with van der Waals surface area (Å²) in [7, 11) is 3.97. The summed E-state index contributed by atoms with van der Waals surface area (Å²) in [5.41, 5.74) is 0. The van der Waals surface area contributed by atoms with E-state index < -0.39 is 0 Å². The van der Waals surface area contributed by atoms with Gasteiger partial charge in [-0.2, -0.15) is 0 Å². The first-order valence-electron chi connectivity index (χ1n) is 8.72. The zero-order chi connectivity index (χ0) is 15.6. The van der Waals surface area contributed by atoms with Gasteiger partial charge in [-0.05, 0) is 50.6 Å². The molecule has 2 N–H and O–H groups in total. The van der Waals surface area contributed by atoms with Crippen molar-refractivity contribution in [3.05, 3.63) is 0 Å². The van der Waals surface area contributed by atoms with Crippen molar-refractivity contribution in [1.82, 2.24) is 9.80 Å². The van der Waals surface area contributed by atoms with E-state index in [0.29, 0.717) is 25.0 Å². The Balaban J connectivity index is 1.45. The monoisotopic (exact) mass is 348 g/mol. The Labute approximate surface area is 143 Å². The van der Waals surface area contributed by atoms with E-state index in [1.165, 1.54) is 50.3 Å². The Morgan fingerprint density at radius 3 is 1.64 bits per heavy atom. The van der Waals surface area contributed by atoms with Crippen LogP contribution in [0.4, 0.5) is 0 Å². The highest BCUT2D eigenvalue weighted by atomic mass is 33.1. The van der Waals surface area contributed by atoms with Crippen molar-refractivity contribution in [2.75, 3.05) is 64.0 Å². The van der Waals surface area contributed by atoms with Crippen LogP contribution in [0.3, 0.4) is 0 Å². The van der Waals surface area contributed by atoms with E-state index in [-0.39, 0.29) is 0 Å². The molecule has 22 heavy (non-hydrogen) atoms. The fraction of sp³-hybridized carbons (Fsp3) is 1.00. The maximum atomic E-state index is 9.25. The van der Waals surface area contributed by atoms with Gasteiger partial charge >= 0.3 is 0 Å². The van der Waals surface area contributed by atoms with Gasteiger partial charge < -0.3 is 20.0 Å². The molecule has 0 spiro atoms. The van der Waals surface area contributed by atoms with E-state index in [2.05, 4.69) is 9.80 Å². The van der Waals surface area contributed by atoms with Crippen LogP contribution in [-0.2, 0) is 0 Å². The fourth-order valence-corrected chi connectivity index (χ4v) is 5.51. The van der Waals surface area contributed by atoms with Gasteiger partial charge in [0.15, 0.2) is 0 Å². The summed E-state index contributed by atoms with van der Waals surface area (Å²) in [6, 6.07) is 0. The minimum absolute atomic E-state index is 0.350. The summed E-state index contributed by atoms with van der Waals surface area (Å²) < 4.78 is 0. The number of nitrogens with zero attached hydrogens (tertiary/aromatic N) is 2. The number of rotatable bonds is 9. The molecule has 2 heterocycles. The van der Waals surface area contributed by atoms with E-state index in [9.17, 15) is 10.2 Å². The molecule has 4 nitrogen and oxygen atoms in total. The lowest BCUT2D eigenvalue weighted by Gasteiger charge is -2.32. The molecule has 0 amide bonds. The standard InChI is InChI=1S/C16H32N2O2S2/c19-13-15-3-1-5-17(11-15)7-9-21-22-10-8-18-6-2-4-16(12-18)14-20/h15-16,19-20H,1-14H2. The lowest BCUT2D eigenvalue weighted by Crippen LogP contribution is -2.38. The van der Waals surface area contributed by atoms with Crippen LogP contribution in [0.15, 0.2) is 0 Å². The molecule has 2 unspecified atom stereocenters. The molecule has 130 valence electrons. The van der Waals surface area contributed by atoms with Gasteiger partial charge in [-0.25, -0.2) is 0 Å². The van der Waals surface area contributed by atoms with Gasteiger partial charge in [-0.3, -0.25) is 0 Å². The topological polar surface area (TPSA) is 46.9 Å². The van der Waals surface area contributed by atoms with Crippen LogP contribution in [0, 0.1) is 11.8 Å². The number of piperidine rings is 2. The third-order valence-corrected chi connectivity index (χ3v) is 7.15. The second-order valence-corrected chi connectivity index (χ2v) is 9.33.